The summed E-state index contributed by atoms with van der Waals surface area (Å²) >= 11 is 3.26. The van der Waals surface area contributed by atoms with Crippen molar-refractivity contribution in [3.05, 3.63) is 64.0 Å². The highest BCUT2D eigenvalue weighted by molar-refractivity contribution is 9.10. The van der Waals surface area contributed by atoms with Crippen LogP contribution in [0.1, 0.15) is 24.9 Å². The summed E-state index contributed by atoms with van der Waals surface area (Å²) in [7, 11) is 0. The van der Waals surface area contributed by atoms with E-state index in [9.17, 15) is 22.4 Å². The Balaban J connectivity index is 1.75. The zero-order chi connectivity index (χ0) is 20.4. The SMILES string of the molecule is CCC(C(=O)Nc1ccn(Cc2c(F)c(F)cc(F)c2F)n1)n1cc(Br)cn1. The highest BCUT2D eigenvalue weighted by atomic mass is 79.9. The lowest BCUT2D eigenvalue weighted by Crippen LogP contribution is -2.26. The summed E-state index contributed by atoms with van der Waals surface area (Å²) < 4.78 is 57.4. The summed E-state index contributed by atoms with van der Waals surface area (Å²) in [6, 6.07) is 0.944. The molecule has 0 fully saturated rings. The molecular formula is C17H14BrF4N5O. The smallest absolute Gasteiger partial charge is 0.250 e. The normalized spacial score (nSPS) is 12.2. The molecule has 0 aliphatic carbocycles. The van der Waals surface area contributed by atoms with Crippen LogP contribution in [0.4, 0.5) is 23.4 Å². The summed E-state index contributed by atoms with van der Waals surface area (Å²) in [6.45, 7) is 1.26. The van der Waals surface area contributed by atoms with Gasteiger partial charge in [-0.1, -0.05) is 6.92 Å². The number of rotatable bonds is 6. The maximum absolute atomic E-state index is 13.8. The number of aromatic nitrogens is 4. The molecule has 0 aliphatic heterocycles. The molecule has 0 radical (unpaired) electrons. The standard InChI is InChI=1S/C17H14BrF4N5O/c1-2-13(27-7-9(18)6-23-27)17(28)24-14-3-4-26(25-14)8-10-15(21)11(19)5-12(20)16(10)22/h3-7,13H,2,8H2,1H3,(H,24,25,28). The predicted molar refractivity (Wildman–Crippen MR) is 95.5 cm³/mol. The number of carbonyl (C=O) groups is 1. The van der Waals surface area contributed by atoms with Crippen molar-refractivity contribution in [3.8, 4) is 0 Å². The average molecular weight is 460 g/mol. The Kier molecular flexibility index (Phi) is 5.82. The van der Waals surface area contributed by atoms with Crippen molar-refractivity contribution in [3.63, 3.8) is 0 Å². The van der Waals surface area contributed by atoms with E-state index in [1.807, 2.05) is 6.92 Å². The van der Waals surface area contributed by atoms with Crippen LogP contribution in [0.3, 0.4) is 0 Å². The third kappa shape index (κ3) is 4.08. The number of nitrogens with one attached hydrogen (secondary N) is 1. The molecule has 0 saturated carbocycles. The van der Waals surface area contributed by atoms with Crippen LogP contribution >= 0.6 is 15.9 Å². The van der Waals surface area contributed by atoms with Gasteiger partial charge in [-0.3, -0.25) is 14.2 Å². The van der Waals surface area contributed by atoms with Crippen molar-refractivity contribution in [1.29, 1.82) is 0 Å². The number of anilines is 1. The fourth-order valence-corrected chi connectivity index (χ4v) is 2.93. The lowest BCUT2D eigenvalue weighted by Gasteiger charge is -2.14. The fraction of sp³-hybridized carbons (Fsp3) is 0.235. The molecule has 1 aromatic carbocycles. The van der Waals surface area contributed by atoms with E-state index in [4.69, 9.17) is 0 Å². The molecule has 28 heavy (non-hydrogen) atoms. The van der Waals surface area contributed by atoms with Gasteiger partial charge in [-0.25, -0.2) is 17.6 Å². The van der Waals surface area contributed by atoms with Crippen LogP contribution in [0.5, 0.6) is 0 Å². The van der Waals surface area contributed by atoms with Gasteiger partial charge in [0.1, 0.15) is 6.04 Å². The minimum atomic E-state index is -1.49. The molecule has 0 spiro atoms. The van der Waals surface area contributed by atoms with Crippen molar-refractivity contribution in [2.24, 2.45) is 0 Å². The number of benzene rings is 1. The van der Waals surface area contributed by atoms with E-state index in [2.05, 4.69) is 31.4 Å². The molecule has 1 unspecified atom stereocenters. The Labute approximate surface area is 165 Å². The predicted octanol–water partition coefficient (Wildman–Crippen LogP) is 4.04. The van der Waals surface area contributed by atoms with Crippen LogP contribution in [-0.2, 0) is 11.3 Å². The number of nitrogens with zero attached hydrogens (tertiary/aromatic N) is 4. The molecule has 2 aromatic heterocycles. The Morgan fingerprint density at radius 1 is 1.25 bits per heavy atom. The summed E-state index contributed by atoms with van der Waals surface area (Å²) in [5.41, 5.74) is -0.800. The van der Waals surface area contributed by atoms with Gasteiger partial charge in [-0.2, -0.15) is 10.2 Å². The van der Waals surface area contributed by atoms with E-state index < -0.39 is 47.3 Å². The van der Waals surface area contributed by atoms with E-state index in [0.717, 1.165) is 9.15 Å². The summed E-state index contributed by atoms with van der Waals surface area (Å²) in [5.74, 6) is -6.24. The molecule has 3 rings (SSSR count). The summed E-state index contributed by atoms with van der Waals surface area (Å²) in [5, 5.41) is 10.6. The van der Waals surface area contributed by atoms with Gasteiger partial charge in [0, 0.05) is 24.5 Å². The van der Waals surface area contributed by atoms with Gasteiger partial charge in [-0.15, -0.1) is 0 Å². The van der Waals surface area contributed by atoms with Gasteiger partial charge < -0.3 is 5.32 Å². The summed E-state index contributed by atoms with van der Waals surface area (Å²) in [4.78, 5) is 12.5. The minimum Gasteiger partial charge on any atom is -0.307 e. The molecule has 0 aliphatic rings. The maximum Gasteiger partial charge on any atom is 0.250 e. The first kappa shape index (κ1) is 20.1. The van der Waals surface area contributed by atoms with Gasteiger partial charge in [0.15, 0.2) is 29.1 Å². The lowest BCUT2D eigenvalue weighted by molar-refractivity contribution is -0.119. The number of carbonyl (C=O) groups excluding carboxylic acids is 1. The van der Waals surface area contributed by atoms with Crippen molar-refractivity contribution >= 4 is 27.7 Å². The Morgan fingerprint density at radius 3 is 2.50 bits per heavy atom. The van der Waals surface area contributed by atoms with Crippen LogP contribution in [0.25, 0.3) is 0 Å². The molecule has 0 saturated heterocycles. The largest absolute Gasteiger partial charge is 0.307 e. The second kappa shape index (κ2) is 8.13. The van der Waals surface area contributed by atoms with E-state index in [-0.39, 0.29) is 11.9 Å². The fourth-order valence-electron chi connectivity index (χ4n) is 2.63. The van der Waals surface area contributed by atoms with Crippen LogP contribution in [0, 0.1) is 23.3 Å². The van der Waals surface area contributed by atoms with Crippen LogP contribution in [0.2, 0.25) is 0 Å². The minimum absolute atomic E-state index is 0.118. The molecular weight excluding hydrogens is 446 g/mol. The summed E-state index contributed by atoms with van der Waals surface area (Å²) in [6.07, 6.45) is 4.98. The zero-order valence-electron chi connectivity index (χ0n) is 14.5. The van der Waals surface area contributed by atoms with Gasteiger partial charge in [0.2, 0.25) is 5.91 Å². The van der Waals surface area contributed by atoms with E-state index in [1.54, 1.807) is 12.4 Å². The van der Waals surface area contributed by atoms with Crippen molar-refractivity contribution in [2.45, 2.75) is 25.9 Å². The number of halogens is 5. The van der Waals surface area contributed by atoms with E-state index in [1.165, 1.54) is 16.9 Å². The van der Waals surface area contributed by atoms with Gasteiger partial charge in [-0.05, 0) is 22.4 Å². The van der Waals surface area contributed by atoms with Crippen LogP contribution in [0.15, 0.2) is 35.2 Å². The first-order valence-electron chi connectivity index (χ1n) is 8.16. The van der Waals surface area contributed by atoms with Gasteiger partial charge >= 0.3 is 0 Å². The molecule has 11 heteroatoms. The molecule has 1 atom stereocenters. The topological polar surface area (TPSA) is 64.7 Å². The molecule has 1 N–H and O–H groups in total. The number of hydrogen-bond donors (Lipinski definition) is 1. The monoisotopic (exact) mass is 459 g/mol. The van der Waals surface area contributed by atoms with Crippen LogP contribution in [-0.4, -0.2) is 25.5 Å². The third-order valence-corrected chi connectivity index (χ3v) is 4.40. The van der Waals surface area contributed by atoms with E-state index >= 15 is 0 Å². The second-order valence-electron chi connectivity index (χ2n) is 5.90. The van der Waals surface area contributed by atoms with Crippen LogP contribution < -0.4 is 5.32 Å². The second-order valence-corrected chi connectivity index (χ2v) is 6.81. The van der Waals surface area contributed by atoms with Crippen molar-refractivity contribution in [2.75, 3.05) is 5.32 Å². The van der Waals surface area contributed by atoms with E-state index in [0.29, 0.717) is 6.42 Å². The first-order chi connectivity index (χ1) is 13.3. The zero-order valence-corrected chi connectivity index (χ0v) is 16.1. The van der Waals surface area contributed by atoms with Crippen molar-refractivity contribution < 1.29 is 22.4 Å². The maximum atomic E-state index is 13.8. The highest BCUT2D eigenvalue weighted by Crippen LogP contribution is 2.21. The van der Waals surface area contributed by atoms with Gasteiger partial charge in [0.25, 0.3) is 0 Å². The average Bonchev–Trinajstić information content (AvgIpc) is 3.27. The molecule has 148 valence electrons. The van der Waals surface area contributed by atoms with Crippen molar-refractivity contribution in [1.82, 2.24) is 19.6 Å². The molecule has 1 amide bonds. The quantitative estimate of drug-likeness (QED) is 0.446. The first-order valence-corrected chi connectivity index (χ1v) is 8.95. The Bertz CT molecular complexity index is 993. The molecule has 3 aromatic rings. The number of amides is 1. The Morgan fingerprint density at radius 2 is 1.93 bits per heavy atom. The Hall–Kier alpha value is -2.69. The molecule has 6 nitrogen and oxygen atoms in total. The highest BCUT2D eigenvalue weighted by Gasteiger charge is 2.22. The molecule has 2 heterocycles. The van der Waals surface area contributed by atoms with Gasteiger partial charge in [0.05, 0.1) is 22.8 Å². The number of hydrogen-bond acceptors (Lipinski definition) is 3. The molecule has 0 bridgehead atoms. The lowest BCUT2D eigenvalue weighted by atomic mass is 10.2. The third-order valence-electron chi connectivity index (χ3n) is 3.99.